The summed E-state index contributed by atoms with van der Waals surface area (Å²) in [5, 5.41) is 8.83. The zero-order valence-electron chi connectivity index (χ0n) is 11.0. The number of hydrogen-bond donors (Lipinski definition) is 0. The van der Waals surface area contributed by atoms with Crippen molar-refractivity contribution in [2.75, 3.05) is 7.11 Å². The van der Waals surface area contributed by atoms with E-state index in [1.165, 1.54) is 13.2 Å². The van der Waals surface area contributed by atoms with Crippen LogP contribution in [0.5, 0.6) is 5.75 Å². The van der Waals surface area contributed by atoms with Crippen molar-refractivity contribution >= 4 is 11.9 Å². The molecule has 0 unspecified atom stereocenters. The smallest absolute Gasteiger partial charge is 0.189 e. The molecule has 0 fully saturated rings. The predicted molar refractivity (Wildman–Crippen MR) is 77.5 cm³/mol. The number of benzene rings is 2. The van der Waals surface area contributed by atoms with Gasteiger partial charge in [0.25, 0.3) is 0 Å². The molecule has 2 aromatic carbocycles. The van der Waals surface area contributed by atoms with Crippen LogP contribution in [0.3, 0.4) is 0 Å². The quantitative estimate of drug-likeness (QED) is 0.627. The van der Waals surface area contributed by atoms with Gasteiger partial charge in [-0.1, -0.05) is 30.3 Å². The molecule has 3 nitrogen and oxygen atoms in total. The Morgan fingerprint density at radius 1 is 1.20 bits per heavy atom. The zero-order valence-corrected chi connectivity index (χ0v) is 11.0. The first-order valence-corrected chi connectivity index (χ1v) is 6.10. The maximum absolute atomic E-state index is 12.1. The monoisotopic (exact) mass is 263 g/mol. The van der Waals surface area contributed by atoms with Gasteiger partial charge in [-0.3, -0.25) is 4.79 Å². The molecule has 0 aliphatic rings. The Morgan fingerprint density at radius 3 is 2.75 bits per heavy atom. The number of nitrogens with zero attached hydrogens (tertiary/aromatic N) is 1. The first-order valence-electron chi connectivity index (χ1n) is 6.10. The van der Waals surface area contributed by atoms with Gasteiger partial charge in [-0.05, 0) is 35.9 Å². The van der Waals surface area contributed by atoms with Crippen LogP contribution in [-0.2, 0) is 0 Å². The van der Waals surface area contributed by atoms with Crippen LogP contribution >= 0.6 is 0 Å². The molecule has 0 heterocycles. The van der Waals surface area contributed by atoms with Gasteiger partial charge in [0.15, 0.2) is 5.78 Å². The second-order valence-corrected chi connectivity index (χ2v) is 4.14. The standard InChI is InChI=1S/C17H13NO2/c1-20-17-8-3-2-7-15(17)16(19)10-9-13-5-4-6-14(11-13)12-18/h2-11H,1H3/b10-9+. The van der Waals surface area contributed by atoms with Crippen molar-refractivity contribution in [1.29, 1.82) is 5.26 Å². The van der Waals surface area contributed by atoms with Gasteiger partial charge >= 0.3 is 0 Å². The highest BCUT2D eigenvalue weighted by atomic mass is 16.5. The Hall–Kier alpha value is -2.86. The van der Waals surface area contributed by atoms with E-state index >= 15 is 0 Å². The molecule has 0 atom stereocenters. The first-order chi connectivity index (χ1) is 9.74. The van der Waals surface area contributed by atoms with Gasteiger partial charge in [0.05, 0.1) is 24.3 Å². The molecule has 0 N–H and O–H groups in total. The average molecular weight is 263 g/mol. The second kappa shape index (κ2) is 6.35. The number of ether oxygens (including phenoxy) is 1. The Bertz CT molecular complexity index is 696. The molecule has 0 aliphatic heterocycles. The lowest BCUT2D eigenvalue weighted by molar-refractivity contribution is 0.104. The molecule has 0 amide bonds. The van der Waals surface area contributed by atoms with E-state index in [0.717, 1.165) is 5.56 Å². The van der Waals surface area contributed by atoms with Gasteiger partial charge in [0.2, 0.25) is 0 Å². The van der Waals surface area contributed by atoms with Crippen LogP contribution in [0.4, 0.5) is 0 Å². The summed E-state index contributed by atoms with van der Waals surface area (Å²) in [6, 6.07) is 16.2. The van der Waals surface area contributed by atoms with Gasteiger partial charge < -0.3 is 4.74 Å². The maximum Gasteiger partial charge on any atom is 0.189 e. The molecule has 2 rings (SSSR count). The lowest BCUT2D eigenvalue weighted by atomic mass is 10.1. The highest BCUT2D eigenvalue weighted by Crippen LogP contribution is 2.18. The van der Waals surface area contributed by atoms with E-state index in [-0.39, 0.29) is 5.78 Å². The minimum absolute atomic E-state index is 0.134. The van der Waals surface area contributed by atoms with Gasteiger partial charge in [0, 0.05) is 0 Å². The largest absolute Gasteiger partial charge is 0.496 e. The number of carbonyl (C=O) groups excluding carboxylic acids is 1. The van der Waals surface area contributed by atoms with E-state index in [4.69, 9.17) is 10.00 Å². The van der Waals surface area contributed by atoms with Crippen molar-refractivity contribution in [2.45, 2.75) is 0 Å². The van der Waals surface area contributed by atoms with Crippen molar-refractivity contribution in [3.05, 3.63) is 71.3 Å². The molecule has 20 heavy (non-hydrogen) atoms. The molecule has 0 spiro atoms. The third-order valence-electron chi connectivity index (χ3n) is 2.82. The van der Waals surface area contributed by atoms with E-state index < -0.39 is 0 Å². The molecule has 0 saturated heterocycles. The lowest BCUT2D eigenvalue weighted by Crippen LogP contribution is -1.98. The molecule has 3 heteroatoms. The number of methoxy groups -OCH3 is 1. The van der Waals surface area contributed by atoms with Crippen molar-refractivity contribution in [3.63, 3.8) is 0 Å². The molecule has 0 bridgehead atoms. The fourth-order valence-corrected chi connectivity index (χ4v) is 1.82. The van der Waals surface area contributed by atoms with Crippen LogP contribution in [0.25, 0.3) is 6.08 Å². The fourth-order valence-electron chi connectivity index (χ4n) is 1.82. The number of hydrogen-bond acceptors (Lipinski definition) is 3. The SMILES string of the molecule is COc1ccccc1C(=O)/C=C/c1cccc(C#N)c1. The molecule has 0 aromatic heterocycles. The van der Waals surface area contributed by atoms with Crippen LogP contribution < -0.4 is 4.74 Å². The van der Waals surface area contributed by atoms with E-state index in [2.05, 4.69) is 6.07 Å². The predicted octanol–water partition coefficient (Wildman–Crippen LogP) is 3.46. The number of nitriles is 1. The zero-order chi connectivity index (χ0) is 14.4. The van der Waals surface area contributed by atoms with Gasteiger partial charge in [-0.25, -0.2) is 0 Å². The summed E-state index contributed by atoms with van der Waals surface area (Å²) in [6.45, 7) is 0. The summed E-state index contributed by atoms with van der Waals surface area (Å²) in [7, 11) is 1.53. The number of ketones is 1. The maximum atomic E-state index is 12.1. The minimum Gasteiger partial charge on any atom is -0.496 e. The molecular formula is C17H13NO2. The Balaban J connectivity index is 2.23. The highest BCUT2D eigenvalue weighted by Gasteiger charge is 2.07. The topological polar surface area (TPSA) is 50.1 Å². The molecule has 98 valence electrons. The van der Waals surface area contributed by atoms with Gasteiger partial charge in [0.1, 0.15) is 5.75 Å². The normalized spacial score (nSPS) is 10.2. The van der Waals surface area contributed by atoms with Crippen molar-refractivity contribution in [2.24, 2.45) is 0 Å². The summed E-state index contributed by atoms with van der Waals surface area (Å²) in [5.74, 6) is 0.415. The van der Waals surface area contributed by atoms with Crippen molar-refractivity contribution in [3.8, 4) is 11.8 Å². The number of carbonyl (C=O) groups is 1. The summed E-state index contributed by atoms with van der Waals surface area (Å²) < 4.78 is 5.16. The van der Waals surface area contributed by atoms with Crippen LogP contribution in [0.15, 0.2) is 54.6 Å². The van der Waals surface area contributed by atoms with Crippen LogP contribution in [0.1, 0.15) is 21.5 Å². The van der Waals surface area contributed by atoms with E-state index in [1.54, 1.807) is 42.5 Å². The summed E-state index contributed by atoms with van der Waals surface area (Å²) in [5.41, 5.74) is 1.90. The second-order valence-electron chi connectivity index (χ2n) is 4.14. The molecular weight excluding hydrogens is 250 g/mol. The van der Waals surface area contributed by atoms with E-state index in [0.29, 0.717) is 16.9 Å². The summed E-state index contributed by atoms with van der Waals surface area (Å²) in [6.07, 6.45) is 3.17. The van der Waals surface area contributed by atoms with Crippen LogP contribution in [0, 0.1) is 11.3 Å². The lowest BCUT2D eigenvalue weighted by Gasteiger charge is -2.04. The van der Waals surface area contributed by atoms with Gasteiger partial charge in [-0.15, -0.1) is 0 Å². The molecule has 0 saturated carbocycles. The molecule has 0 radical (unpaired) electrons. The average Bonchev–Trinajstić information content (AvgIpc) is 2.52. The Kier molecular flexibility index (Phi) is 4.31. The van der Waals surface area contributed by atoms with Crippen LogP contribution in [0.2, 0.25) is 0 Å². The highest BCUT2D eigenvalue weighted by molar-refractivity contribution is 6.08. The summed E-state index contributed by atoms with van der Waals surface area (Å²) >= 11 is 0. The summed E-state index contributed by atoms with van der Waals surface area (Å²) in [4.78, 5) is 12.1. The van der Waals surface area contributed by atoms with E-state index in [9.17, 15) is 4.79 Å². The number of para-hydroxylation sites is 1. The molecule has 2 aromatic rings. The number of allylic oxidation sites excluding steroid dienone is 1. The number of rotatable bonds is 4. The van der Waals surface area contributed by atoms with Crippen LogP contribution in [-0.4, -0.2) is 12.9 Å². The Morgan fingerprint density at radius 2 is 2.00 bits per heavy atom. The van der Waals surface area contributed by atoms with Gasteiger partial charge in [-0.2, -0.15) is 5.26 Å². The minimum atomic E-state index is -0.134. The third kappa shape index (κ3) is 3.12. The van der Waals surface area contributed by atoms with Crippen molar-refractivity contribution in [1.82, 2.24) is 0 Å². The van der Waals surface area contributed by atoms with E-state index in [1.807, 2.05) is 12.1 Å². The van der Waals surface area contributed by atoms with Crippen molar-refractivity contribution < 1.29 is 9.53 Å². The third-order valence-corrected chi connectivity index (χ3v) is 2.82. The Labute approximate surface area is 117 Å². The fraction of sp³-hybridized carbons (Fsp3) is 0.0588. The molecule has 0 aliphatic carbocycles. The first kappa shape index (κ1) is 13.6.